The van der Waals surface area contributed by atoms with Crippen molar-refractivity contribution in [2.24, 2.45) is 0 Å². The van der Waals surface area contributed by atoms with Gasteiger partial charge in [0.25, 0.3) is 0 Å². The predicted molar refractivity (Wildman–Crippen MR) is 186 cm³/mol. The molecule has 0 aromatic heterocycles. The molecule has 54 heavy (non-hydrogen) atoms. The number of aliphatic hydroxyl groups is 12. The van der Waals surface area contributed by atoms with E-state index in [9.17, 15) is 51.1 Å². The second-order valence-corrected chi connectivity index (χ2v) is 13.1. The number of hydrogen-bond acceptors (Lipinski definition) is 18. The van der Waals surface area contributed by atoms with Crippen molar-refractivity contribution in [3.05, 3.63) is 58.7 Å². The largest absolute Gasteiger partial charge is 0.462 e. The third kappa shape index (κ3) is 10.4. The number of benzene rings is 2. The molecule has 12 N–H and O–H groups in total. The van der Waals surface area contributed by atoms with Crippen molar-refractivity contribution in [2.75, 3.05) is 19.8 Å². The highest BCUT2D eigenvalue weighted by atomic mass is 16.7. The predicted octanol–water partition coefficient (Wildman–Crippen LogP) is -3.14. The molecule has 2 aromatic rings. The molecule has 3 heterocycles. The van der Waals surface area contributed by atoms with Crippen LogP contribution < -0.4 is 9.47 Å². The molecule has 15 unspecified atom stereocenters. The van der Waals surface area contributed by atoms with Gasteiger partial charge in [0.05, 0.1) is 26.4 Å². The lowest BCUT2D eigenvalue weighted by Gasteiger charge is -2.45. The molecule has 3 aliphatic rings. The van der Waals surface area contributed by atoms with Crippen LogP contribution in [-0.2, 0) is 32.0 Å². The summed E-state index contributed by atoms with van der Waals surface area (Å²) in [5.41, 5.74) is 3.34. The van der Waals surface area contributed by atoms with Crippen LogP contribution in [0.2, 0.25) is 0 Å². The third-order valence-corrected chi connectivity index (χ3v) is 9.36. The molecular formula is C36H56O18. The summed E-state index contributed by atoms with van der Waals surface area (Å²) in [5.74, 6) is 0.847. The fraction of sp³-hybridized carbons (Fsp3) is 0.667. The van der Waals surface area contributed by atoms with E-state index in [-0.39, 0.29) is 14.0 Å². The first-order valence-electron chi connectivity index (χ1n) is 17.2. The van der Waals surface area contributed by atoms with E-state index < -0.39 is 112 Å². The van der Waals surface area contributed by atoms with E-state index >= 15 is 0 Å². The fourth-order valence-electron chi connectivity index (χ4n) is 6.07. The molecular weight excluding hydrogens is 720 g/mol. The van der Waals surface area contributed by atoms with Crippen LogP contribution in [0.4, 0.5) is 0 Å². The van der Waals surface area contributed by atoms with Crippen molar-refractivity contribution in [1.29, 1.82) is 0 Å². The Hall–Kier alpha value is -2.60. The van der Waals surface area contributed by atoms with Gasteiger partial charge < -0.3 is 89.7 Å². The molecule has 3 saturated heterocycles. The summed E-state index contributed by atoms with van der Waals surface area (Å²) in [7, 11) is 0. The van der Waals surface area contributed by atoms with Gasteiger partial charge >= 0.3 is 0 Å². The first-order chi connectivity index (χ1) is 25.2. The summed E-state index contributed by atoms with van der Waals surface area (Å²) < 4.78 is 32.9. The Morgan fingerprint density at radius 3 is 1.37 bits per heavy atom. The van der Waals surface area contributed by atoms with Crippen LogP contribution in [0.1, 0.15) is 36.6 Å². The lowest BCUT2D eigenvalue weighted by molar-refractivity contribution is -0.352. The van der Waals surface area contributed by atoms with Gasteiger partial charge in [-0.2, -0.15) is 0 Å². The van der Waals surface area contributed by atoms with E-state index in [0.717, 1.165) is 23.1 Å². The molecule has 3 aliphatic heterocycles. The molecule has 0 spiro atoms. The molecule has 3 fully saturated rings. The number of aryl methyl sites for hydroxylation is 3. The summed E-state index contributed by atoms with van der Waals surface area (Å²) in [6.45, 7) is 3.72. The second kappa shape index (κ2) is 20.5. The van der Waals surface area contributed by atoms with Gasteiger partial charge in [-0.3, -0.25) is 0 Å². The molecule has 18 heteroatoms. The van der Waals surface area contributed by atoms with E-state index in [1.54, 1.807) is 31.2 Å². The van der Waals surface area contributed by atoms with Crippen molar-refractivity contribution in [3.8, 4) is 11.5 Å². The van der Waals surface area contributed by atoms with Crippen molar-refractivity contribution < 1.29 is 89.7 Å². The van der Waals surface area contributed by atoms with Crippen LogP contribution in [-0.4, -0.2) is 173 Å². The van der Waals surface area contributed by atoms with Crippen LogP contribution in [0.15, 0.2) is 36.4 Å². The zero-order valence-electron chi connectivity index (χ0n) is 29.5. The highest BCUT2D eigenvalue weighted by Crippen LogP contribution is 2.32. The van der Waals surface area contributed by atoms with Crippen molar-refractivity contribution in [1.82, 2.24) is 0 Å². The highest BCUT2D eigenvalue weighted by Gasteiger charge is 2.51. The molecule has 2 aromatic carbocycles. The van der Waals surface area contributed by atoms with Crippen molar-refractivity contribution in [3.63, 3.8) is 0 Å². The molecule has 308 valence electrons. The Balaban J connectivity index is 0.000000310. The van der Waals surface area contributed by atoms with E-state index in [0.29, 0.717) is 17.1 Å². The lowest BCUT2D eigenvalue weighted by atomic mass is 9.97. The SMILES string of the molecule is C.CCc1ccc(OC2OC(CO)C(OC3OC(CO)C(O)C(O)C3O)C(O)C2O)c(C)c1.Cc1cc(CO)ccc1OC1OC(CO)C(O)C(O)C1O. The Kier molecular flexibility index (Phi) is 17.4. The summed E-state index contributed by atoms with van der Waals surface area (Å²) in [4.78, 5) is 0. The van der Waals surface area contributed by atoms with E-state index in [1.807, 2.05) is 26.0 Å². The number of hydrogen-bond donors (Lipinski definition) is 12. The molecule has 15 atom stereocenters. The monoisotopic (exact) mass is 776 g/mol. The Morgan fingerprint density at radius 2 is 0.926 bits per heavy atom. The Morgan fingerprint density at radius 1 is 0.519 bits per heavy atom. The molecule has 0 radical (unpaired) electrons. The van der Waals surface area contributed by atoms with Gasteiger partial charge in [0, 0.05) is 0 Å². The van der Waals surface area contributed by atoms with Gasteiger partial charge in [-0.25, -0.2) is 0 Å². The fourth-order valence-corrected chi connectivity index (χ4v) is 6.07. The summed E-state index contributed by atoms with van der Waals surface area (Å²) in [6.07, 6.45) is -20.6. The minimum Gasteiger partial charge on any atom is -0.462 e. The highest BCUT2D eigenvalue weighted by molar-refractivity contribution is 5.37. The maximum Gasteiger partial charge on any atom is 0.229 e. The number of aliphatic hydroxyl groups excluding tert-OH is 12. The lowest BCUT2D eigenvalue weighted by Crippen LogP contribution is -2.65. The zero-order chi connectivity index (χ0) is 39.1. The van der Waals surface area contributed by atoms with Gasteiger partial charge in [-0.1, -0.05) is 38.6 Å². The number of rotatable bonds is 11. The molecule has 18 nitrogen and oxygen atoms in total. The first kappa shape index (κ1) is 45.8. The van der Waals surface area contributed by atoms with E-state index in [2.05, 4.69) is 0 Å². The van der Waals surface area contributed by atoms with Crippen LogP contribution >= 0.6 is 0 Å². The van der Waals surface area contributed by atoms with E-state index in [4.69, 9.17) is 38.6 Å². The van der Waals surface area contributed by atoms with Gasteiger partial charge in [-0.15, -0.1) is 0 Å². The van der Waals surface area contributed by atoms with Crippen LogP contribution in [0.3, 0.4) is 0 Å². The zero-order valence-corrected chi connectivity index (χ0v) is 29.5. The Labute approximate surface area is 312 Å². The van der Waals surface area contributed by atoms with Gasteiger partial charge in [-0.05, 0) is 54.7 Å². The summed E-state index contributed by atoms with van der Waals surface area (Å²) >= 11 is 0. The van der Waals surface area contributed by atoms with Gasteiger partial charge in [0.2, 0.25) is 12.6 Å². The topological polar surface area (TPSA) is 298 Å². The minimum atomic E-state index is -1.72. The quantitative estimate of drug-likeness (QED) is 0.107. The molecule has 0 aliphatic carbocycles. The van der Waals surface area contributed by atoms with Crippen molar-refractivity contribution in [2.45, 2.75) is 133 Å². The smallest absolute Gasteiger partial charge is 0.229 e. The summed E-state index contributed by atoms with van der Waals surface area (Å²) in [5, 5.41) is 118. The maximum atomic E-state index is 10.7. The molecule has 0 bridgehead atoms. The minimum absolute atomic E-state index is 0. The van der Waals surface area contributed by atoms with Crippen LogP contribution in [0, 0.1) is 13.8 Å². The van der Waals surface area contributed by atoms with Gasteiger partial charge in [0.1, 0.15) is 84.7 Å². The molecule has 0 amide bonds. The average molecular weight is 777 g/mol. The van der Waals surface area contributed by atoms with E-state index in [1.165, 1.54) is 0 Å². The maximum absolute atomic E-state index is 10.7. The van der Waals surface area contributed by atoms with Crippen molar-refractivity contribution >= 4 is 0 Å². The standard InChI is InChI=1S/C21H32O11.C14H20O7.CH4/c1-3-10-4-5-11(9(2)6-10)29-20-18(28)16(26)19(13(8-23)31-20)32-21-17(27)15(25)14(24)12(7-22)30-21;1-7-4-8(5-15)2-3-9(7)20-14-13(19)12(18)11(17)10(6-16)21-14;/h4-6,12-28H,3,7-8H2,1-2H3;2-4,10-19H,5-6H2,1H3;1H4. The second-order valence-electron chi connectivity index (χ2n) is 13.1. The Bertz CT molecular complexity index is 1430. The average Bonchev–Trinajstić information content (AvgIpc) is 3.16. The first-order valence-corrected chi connectivity index (χ1v) is 17.2. The van der Waals surface area contributed by atoms with Gasteiger partial charge in [0.15, 0.2) is 6.29 Å². The normalized spacial score (nSPS) is 36.7. The molecule has 5 rings (SSSR count). The third-order valence-electron chi connectivity index (χ3n) is 9.36. The van der Waals surface area contributed by atoms with Crippen LogP contribution in [0.5, 0.6) is 11.5 Å². The number of ether oxygens (including phenoxy) is 6. The molecule has 0 saturated carbocycles. The summed E-state index contributed by atoms with van der Waals surface area (Å²) in [6, 6.07) is 10.5. The van der Waals surface area contributed by atoms with Crippen LogP contribution in [0.25, 0.3) is 0 Å².